The van der Waals surface area contributed by atoms with Crippen molar-refractivity contribution < 1.29 is 0 Å². The molecule has 148 valence electrons. The molecule has 0 amide bonds. The van der Waals surface area contributed by atoms with Crippen LogP contribution in [0, 0.1) is 6.92 Å². The highest BCUT2D eigenvalue weighted by molar-refractivity contribution is 14.0. The Morgan fingerprint density at radius 3 is 2.70 bits per heavy atom. The van der Waals surface area contributed by atoms with Gasteiger partial charge in [-0.3, -0.25) is 14.9 Å². The van der Waals surface area contributed by atoms with Crippen LogP contribution in [0.1, 0.15) is 35.0 Å². The zero-order valence-corrected chi connectivity index (χ0v) is 19.3. The zero-order valence-electron chi connectivity index (χ0n) is 16.1. The maximum Gasteiger partial charge on any atom is 0.191 e. The van der Waals surface area contributed by atoms with E-state index in [9.17, 15) is 0 Å². The molecule has 27 heavy (non-hydrogen) atoms. The predicted molar refractivity (Wildman–Crippen MR) is 125 cm³/mol. The van der Waals surface area contributed by atoms with Crippen LogP contribution in [0.5, 0.6) is 0 Å². The first-order valence-corrected chi connectivity index (χ1v) is 10.3. The number of nitrogens with zero attached hydrogens (tertiary/aromatic N) is 3. The van der Waals surface area contributed by atoms with Gasteiger partial charge in [0.15, 0.2) is 5.96 Å². The maximum absolute atomic E-state index is 4.38. The van der Waals surface area contributed by atoms with Gasteiger partial charge < -0.3 is 10.6 Å². The van der Waals surface area contributed by atoms with Gasteiger partial charge in [0.25, 0.3) is 0 Å². The summed E-state index contributed by atoms with van der Waals surface area (Å²) in [5.74, 6) is 0.867. The lowest BCUT2D eigenvalue weighted by atomic mass is 10.2. The van der Waals surface area contributed by atoms with Crippen molar-refractivity contribution in [2.45, 2.75) is 32.2 Å². The Hall–Kier alpha value is -1.19. The van der Waals surface area contributed by atoms with Crippen LogP contribution in [0.3, 0.4) is 0 Å². The summed E-state index contributed by atoms with van der Waals surface area (Å²) in [6.07, 6.45) is 5.50. The Morgan fingerprint density at radius 1 is 1.26 bits per heavy atom. The Labute approximate surface area is 183 Å². The Morgan fingerprint density at radius 2 is 2.07 bits per heavy atom. The fourth-order valence-electron chi connectivity index (χ4n) is 3.33. The lowest BCUT2D eigenvalue weighted by Gasteiger charge is -2.27. The number of halogens is 1. The first-order valence-electron chi connectivity index (χ1n) is 9.40. The largest absolute Gasteiger partial charge is 0.356 e. The summed E-state index contributed by atoms with van der Waals surface area (Å²) in [5.41, 5.74) is 2.30. The summed E-state index contributed by atoms with van der Waals surface area (Å²) >= 11 is 1.84. The van der Waals surface area contributed by atoms with Crippen molar-refractivity contribution in [3.05, 3.63) is 52.0 Å². The van der Waals surface area contributed by atoms with Crippen LogP contribution in [0.15, 0.2) is 40.8 Å². The second-order valence-electron chi connectivity index (χ2n) is 6.71. The maximum atomic E-state index is 4.38. The van der Waals surface area contributed by atoms with Crippen molar-refractivity contribution in [2.24, 2.45) is 4.99 Å². The Bertz CT molecular complexity index is 681. The molecule has 1 aliphatic rings. The molecule has 1 unspecified atom stereocenters. The van der Waals surface area contributed by atoms with Gasteiger partial charge in [-0.05, 0) is 62.4 Å². The fraction of sp³-hybridized carbons (Fsp3) is 0.500. The van der Waals surface area contributed by atoms with E-state index in [1.54, 1.807) is 0 Å². The van der Waals surface area contributed by atoms with Gasteiger partial charge >= 0.3 is 0 Å². The molecule has 3 heterocycles. The molecule has 1 saturated heterocycles. The molecular weight excluding hydrogens is 469 g/mol. The number of rotatable bonds is 7. The van der Waals surface area contributed by atoms with Crippen LogP contribution in [-0.2, 0) is 6.42 Å². The average molecular weight is 499 g/mol. The molecule has 0 bridgehead atoms. The lowest BCUT2D eigenvalue weighted by molar-refractivity contribution is 0.249. The zero-order chi connectivity index (χ0) is 18.2. The molecule has 1 atom stereocenters. The molecule has 7 heteroatoms. The normalized spacial score (nSPS) is 16.0. The first kappa shape index (κ1) is 22.1. The molecule has 0 radical (unpaired) electrons. The smallest absolute Gasteiger partial charge is 0.191 e. The second kappa shape index (κ2) is 11.6. The van der Waals surface area contributed by atoms with Crippen molar-refractivity contribution in [1.82, 2.24) is 20.5 Å². The summed E-state index contributed by atoms with van der Waals surface area (Å²) in [6.45, 7) is 6.12. The molecule has 1 fully saturated rings. The quantitative estimate of drug-likeness (QED) is 0.347. The number of thiophene rings is 1. The number of guanidine groups is 1. The molecule has 3 rings (SSSR count). The molecule has 2 aromatic heterocycles. The van der Waals surface area contributed by atoms with E-state index in [1.165, 1.54) is 36.4 Å². The van der Waals surface area contributed by atoms with Crippen LogP contribution in [0.4, 0.5) is 0 Å². The minimum atomic E-state index is 0. The van der Waals surface area contributed by atoms with Gasteiger partial charge in [-0.2, -0.15) is 0 Å². The summed E-state index contributed by atoms with van der Waals surface area (Å²) in [4.78, 5) is 12.7. The van der Waals surface area contributed by atoms with E-state index in [0.29, 0.717) is 6.04 Å². The third kappa shape index (κ3) is 6.73. The standard InChI is InChI=1S/C20H29N5S.HI/c1-16-7-8-17(14-23-16)9-10-22-20(21-2)24-15-18(19-6-5-13-26-19)25-11-3-4-12-25;/h5-8,13-14,18H,3-4,9-12,15H2,1-2H3,(H2,21,22,24);1H. The molecular formula is C20H30IN5S. The summed E-state index contributed by atoms with van der Waals surface area (Å²) in [7, 11) is 1.83. The molecule has 1 aliphatic heterocycles. The highest BCUT2D eigenvalue weighted by atomic mass is 127. The average Bonchev–Trinajstić information content (AvgIpc) is 3.36. The molecule has 0 aromatic carbocycles. The highest BCUT2D eigenvalue weighted by Crippen LogP contribution is 2.27. The molecule has 0 aliphatic carbocycles. The number of aromatic nitrogens is 1. The minimum absolute atomic E-state index is 0. The first-order chi connectivity index (χ1) is 12.8. The van der Waals surface area contributed by atoms with E-state index in [0.717, 1.165) is 31.2 Å². The fourth-order valence-corrected chi connectivity index (χ4v) is 4.19. The number of likely N-dealkylation sites (tertiary alicyclic amines) is 1. The second-order valence-corrected chi connectivity index (χ2v) is 7.69. The molecule has 2 N–H and O–H groups in total. The Balaban J connectivity index is 0.00000261. The van der Waals surface area contributed by atoms with E-state index >= 15 is 0 Å². The number of hydrogen-bond acceptors (Lipinski definition) is 4. The van der Waals surface area contributed by atoms with Crippen LogP contribution in [-0.4, -0.2) is 49.1 Å². The topological polar surface area (TPSA) is 52.6 Å². The van der Waals surface area contributed by atoms with Gasteiger partial charge in [-0.1, -0.05) is 12.1 Å². The molecule has 0 saturated carbocycles. The highest BCUT2D eigenvalue weighted by Gasteiger charge is 2.24. The predicted octanol–water partition coefficient (Wildman–Crippen LogP) is 3.61. The van der Waals surface area contributed by atoms with Crippen molar-refractivity contribution in [2.75, 3.05) is 33.2 Å². The van der Waals surface area contributed by atoms with Crippen LogP contribution >= 0.6 is 35.3 Å². The number of aryl methyl sites for hydroxylation is 1. The summed E-state index contributed by atoms with van der Waals surface area (Å²) < 4.78 is 0. The van der Waals surface area contributed by atoms with Gasteiger partial charge in [0, 0.05) is 36.9 Å². The van der Waals surface area contributed by atoms with E-state index < -0.39 is 0 Å². The number of pyridine rings is 1. The minimum Gasteiger partial charge on any atom is -0.356 e. The van der Waals surface area contributed by atoms with Gasteiger partial charge in [0.05, 0.1) is 6.04 Å². The van der Waals surface area contributed by atoms with E-state index in [4.69, 9.17) is 0 Å². The Kier molecular flexibility index (Phi) is 9.50. The van der Waals surface area contributed by atoms with Crippen LogP contribution < -0.4 is 10.6 Å². The van der Waals surface area contributed by atoms with Gasteiger partial charge in [-0.25, -0.2) is 0 Å². The molecule has 0 spiro atoms. The number of hydrogen-bond donors (Lipinski definition) is 2. The van der Waals surface area contributed by atoms with E-state index in [2.05, 4.69) is 55.2 Å². The van der Waals surface area contributed by atoms with Crippen molar-refractivity contribution in [3.63, 3.8) is 0 Å². The third-order valence-electron chi connectivity index (χ3n) is 4.82. The van der Waals surface area contributed by atoms with Crippen molar-refractivity contribution in [3.8, 4) is 0 Å². The van der Waals surface area contributed by atoms with Gasteiger partial charge in [-0.15, -0.1) is 35.3 Å². The summed E-state index contributed by atoms with van der Waals surface area (Å²) in [5, 5.41) is 9.11. The van der Waals surface area contributed by atoms with E-state index in [-0.39, 0.29) is 24.0 Å². The number of aliphatic imine (C=N–C) groups is 1. The van der Waals surface area contributed by atoms with E-state index in [1.807, 2.05) is 31.5 Å². The lowest BCUT2D eigenvalue weighted by Crippen LogP contribution is -2.43. The number of nitrogens with one attached hydrogen (secondary N) is 2. The summed E-state index contributed by atoms with van der Waals surface area (Å²) in [6, 6.07) is 9.02. The van der Waals surface area contributed by atoms with Gasteiger partial charge in [0.2, 0.25) is 0 Å². The SMILES string of the molecule is CN=C(NCCc1ccc(C)nc1)NCC(c1cccs1)N1CCCC1.I. The van der Waals surface area contributed by atoms with Crippen molar-refractivity contribution in [1.29, 1.82) is 0 Å². The van der Waals surface area contributed by atoms with Crippen molar-refractivity contribution >= 4 is 41.3 Å². The third-order valence-corrected chi connectivity index (χ3v) is 5.79. The van der Waals surface area contributed by atoms with Crippen LogP contribution in [0.2, 0.25) is 0 Å². The monoisotopic (exact) mass is 499 g/mol. The van der Waals surface area contributed by atoms with Crippen LogP contribution in [0.25, 0.3) is 0 Å². The van der Waals surface area contributed by atoms with Gasteiger partial charge in [0.1, 0.15) is 0 Å². The molecule has 5 nitrogen and oxygen atoms in total. The molecule has 2 aromatic rings.